The maximum Gasteiger partial charge on any atom is 0.143 e. The van der Waals surface area contributed by atoms with E-state index in [0.29, 0.717) is 5.69 Å². The van der Waals surface area contributed by atoms with Gasteiger partial charge in [0.2, 0.25) is 0 Å². The first kappa shape index (κ1) is 17.1. The highest BCUT2D eigenvalue weighted by atomic mass is 35.5. The van der Waals surface area contributed by atoms with Crippen molar-refractivity contribution in [3.63, 3.8) is 0 Å². The van der Waals surface area contributed by atoms with E-state index in [9.17, 15) is 9.18 Å². The summed E-state index contributed by atoms with van der Waals surface area (Å²) in [6.07, 6.45) is 2.71. The van der Waals surface area contributed by atoms with Gasteiger partial charge in [0.15, 0.2) is 0 Å². The van der Waals surface area contributed by atoms with Crippen molar-refractivity contribution in [3.8, 4) is 0 Å². The maximum atomic E-state index is 13.9. The molecule has 1 saturated heterocycles. The highest BCUT2D eigenvalue weighted by Gasteiger charge is 2.33. The van der Waals surface area contributed by atoms with Gasteiger partial charge in [0.1, 0.15) is 29.2 Å². The first-order valence-electron chi connectivity index (χ1n) is 8.56. The Morgan fingerprint density at radius 3 is 3.00 bits per heavy atom. The molecule has 1 aromatic carbocycles. The standard InChI is InChI=1S/C19H18ClFN4O/c1-11-19-16(24-23-11)7-6-15(22-19)18(10-26)25-8-2-3-17(25)12-4-5-13(20)14(21)9-12/h4-7,9-10,17-18H,2-3,8H2,1H3,(H,23,24). The van der Waals surface area contributed by atoms with Crippen molar-refractivity contribution < 1.29 is 9.18 Å². The third-order valence-electron chi connectivity index (χ3n) is 5.01. The number of nitrogens with one attached hydrogen (secondary N) is 1. The number of aromatic amines is 1. The third-order valence-corrected chi connectivity index (χ3v) is 5.31. The third kappa shape index (κ3) is 2.89. The zero-order chi connectivity index (χ0) is 18.3. The van der Waals surface area contributed by atoms with Gasteiger partial charge in [-0.3, -0.25) is 10.00 Å². The molecule has 0 bridgehead atoms. The number of fused-ring (bicyclic) bond motifs is 1. The molecule has 2 unspecified atom stereocenters. The number of carbonyl (C=O) groups excluding carboxylic acids is 1. The first-order valence-corrected chi connectivity index (χ1v) is 8.94. The van der Waals surface area contributed by atoms with Gasteiger partial charge in [-0.25, -0.2) is 9.37 Å². The summed E-state index contributed by atoms with van der Waals surface area (Å²) in [7, 11) is 0. The van der Waals surface area contributed by atoms with Crippen molar-refractivity contribution in [2.45, 2.75) is 31.8 Å². The molecular weight excluding hydrogens is 355 g/mol. The van der Waals surface area contributed by atoms with Crippen LogP contribution in [0.25, 0.3) is 11.0 Å². The van der Waals surface area contributed by atoms with Crippen molar-refractivity contribution in [1.82, 2.24) is 20.1 Å². The fourth-order valence-corrected chi connectivity index (χ4v) is 3.83. The number of aromatic nitrogens is 3. The number of pyridine rings is 1. The Bertz CT molecular complexity index is 973. The van der Waals surface area contributed by atoms with Crippen molar-refractivity contribution in [2.24, 2.45) is 0 Å². The quantitative estimate of drug-likeness (QED) is 0.699. The van der Waals surface area contributed by atoms with Gasteiger partial charge in [-0.1, -0.05) is 17.7 Å². The molecule has 134 valence electrons. The fourth-order valence-electron chi connectivity index (χ4n) is 3.71. The Morgan fingerprint density at radius 1 is 1.38 bits per heavy atom. The average molecular weight is 373 g/mol. The number of aldehydes is 1. The molecule has 0 aliphatic carbocycles. The van der Waals surface area contributed by atoms with Crippen LogP contribution in [0.4, 0.5) is 4.39 Å². The minimum Gasteiger partial charge on any atom is -0.301 e. The Balaban J connectivity index is 1.70. The molecule has 1 aliphatic heterocycles. The number of H-pyrrole nitrogens is 1. The first-order chi connectivity index (χ1) is 12.6. The molecule has 1 N–H and O–H groups in total. The molecule has 0 saturated carbocycles. The van der Waals surface area contributed by atoms with Gasteiger partial charge in [0.05, 0.1) is 16.4 Å². The molecule has 0 radical (unpaired) electrons. The lowest BCUT2D eigenvalue weighted by Crippen LogP contribution is -2.30. The molecule has 5 nitrogen and oxygen atoms in total. The zero-order valence-electron chi connectivity index (χ0n) is 14.2. The minimum absolute atomic E-state index is 0.0417. The van der Waals surface area contributed by atoms with E-state index in [-0.39, 0.29) is 11.1 Å². The molecule has 2 atom stereocenters. The van der Waals surface area contributed by atoms with Crippen LogP contribution in [0.15, 0.2) is 30.3 Å². The van der Waals surface area contributed by atoms with Crippen LogP contribution in [0, 0.1) is 12.7 Å². The zero-order valence-corrected chi connectivity index (χ0v) is 15.0. The number of halogens is 2. The van der Waals surface area contributed by atoms with E-state index in [1.165, 1.54) is 6.07 Å². The molecule has 4 rings (SSSR count). The lowest BCUT2D eigenvalue weighted by Gasteiger charge is -2.29. The number of hydrogen-bond donors (Lipinski definition) is 1. The summed E-state index contributed by atoms with van der Waals surface area (Å²) in [4.78, 5) is 18.7. The second-order valence-corrected chi connectivity index (χ2v) is 7.01. The summed E-state index contributed by atoms with van der Waals surface area (Å²) in [5, 5.41) is 7.19. The summed E-state index contributed by atoms with van der Waals surface area (Å²) < 4.78 is 13.9. The molecule has 0 amide bonds. The van der Waals surface area contributed by atoms with Crippen molar-refractivity contribution in [1.29, 1.82) is 0 Å². The van der Waals surface area contributed by atoms with Gasteiger partial charge in [0.25, 0.3) is 0 Å². The molecule has 3 heterocycles. The van der Waals surface area contributed by atoms with Gasteiger partial charge in [0, 0.05) is 6.04 Å². The van der Waals surface area contributed by atoms with Crippen LogP contribution in [0.3, 0.4) is 0 Å². The summed E-state index contributed by atoms with van der Waals surface area (Å²) in [6, 6.07) is 8.03. The number of aryl methyl sites for hydroxylation is 1. The van der Waals surface area contributed by atoms with Crippen LogP contribution in [0.2, 0.25) is 5.02 Å². The Labute approximate surface area is 155 Å². The number of benzene rings is 1. The van der Waals surface area contributed by atoms with Gasteiger partial charge < -0.3 is 4.79 Å². The Hall–Kier alpha value is -2.31. The van der Waals surface area contributed by atoms with Crippen LogP contribution >= 0.6 is 11.6 Å². The van der Waals surface area contributed by atoms with Crippen LogP contribution in [-0.4, -0.2) is 32.9 Å². The molecular formula is C19H18ClFN4O. The smallest absolute Gasteiger partial charge is 0.143 e. The lowest BCUT2D eigenvalue weighted by molar-refractivity contribution is -0.113. The second kappa shape index (κ2) is 6.78. The highest BCUT2D eigenvalue weighted by Crippen LogP contribution is 2.38. The lowest BCUT2D eigenvalue weighted by atomic mass is 10.0. The predicted molar refractivity (Wildman–Crippen MR) is 97.5 cm³/mol. The van der Waals surface area contributed by atoms with Crippen LogP contribution < -0.4 is 0 Å². The monoisotopic (exact) mass is 372 g/mol. The molecule has 26 heavy (non-hydrogen) atoms. The average Bonchev–Trinajstić information content (AvgIpc) is 3.26. The number of hydrogen-bond acceptors (Lipinski definition) is 4. The van der Waals surface area contributed by atoms with E-state index in [2.05, 4.69) is 20.1 Å². The summed E-state index contributed by atoms with van der Waals surface area (Å²) in [6.45, 7) is 2.65. The van der Waals surface area contributed by atoms with Crippen molar-refractivity contribution in [2.75, 3.05) is 6.54 Å². The van der Waals surface area contributed by atoms with E-state index in [1.807, 2.05) is 25.1 Å². The largest absolute Gasteiger partial charge is 0.301 e. The van der Waals surface area contributed by atoms with E-state index in [0.717, 1.165) is 48.0 Å². The van der Waals surface area contributed by atoms with Gasteiger partial charge >= 0.3 is 0 Å². The molecule has 7 heteroatoms. The molecule has 1 aliphatic rings. The van der Waals surface area contributed by atoms with Crippen LogP contribution in [0.1, 0.15) is 41.9 Å². The number of likely N-dealkylation sites (tertiary alicyclic amines) is 1. The van der Waals surface area contributed by atoms with E-state index in [4.69, 9.17) is 11.6 Å². The normalized spacial score (nSPS) is 19.1. The summed E-state index contributed by atoms with van der Waals surface area (Å²) in [5.41, 5.74) is 3.91. The van der Waals surface area contributed by atoms with E-state index < -0.39 is 11.9 Å². The topological polar surface area (TPSA) is 61.9 Å². The highest BCUT2D eigenvalue weighted by molar-refractivity contribution is 6.30. The van der Waals surface area contributed by atoms with Crippen LogP contribution in [-0.2, 0) is 4.79 Å². The predicted octanol–water partition coefficient (Wildman–Crippen LogP) is 4.14. The maximum absolute atomic E-state index is 13.9. The van der Waals surface area contributed by atoms with E-state index >= 15 is 0 Å². The molecule has 0 spiro atoms. The van der Waals surface area contributed by atoms with E-state index in [1.54, 1.807) is 6.07 Å². The van der Waals surface area contributed by atoms with Gasteiger partial charge in [-0.05, 0) is 56.1 Å². The molecule has 3 aromatic rings. The fraction of sp³-hybridized carbons (Fsp3) is 0.316. The Morgan fingerprint density at radius 2 is 2.23 bits per heavy atom. The van der Waals surface area contributed by atoms with Gasteiger partial charge in [-0.15, -0.1) is 0 Å². The minimum atomic E-state index is -0.486. The van der Waals surface area contributed by atoms with Crippen molar-refractivity contribution >= 4 is 28.9 Å². The summed E-state index contributed by atoms with van der Waals surface area (Å²) >= 11 is 5.81. The van der Waals surface area contributed by atoms with Crippen molar-refractivity contribution in [3.05, 3.63) is 58.1 Å². The summed E-state index contributed by atoms with van der Waals surface area (Å²) in [5.74, 6) is -0.438. The SMILES string of the molecule is Cc1[nH]nc2ccc(C(C=O)N3CCCC3c3ccc(Cl)c(F)c3)nc12. The number of carbonyl (C=O) groups is 1. The second-order valence-electron chi connectivity index (χ2n) is 6.60. The molecule has 2 aromatic heterocycles. The number of rotatable bonds is 4. The molecule has 1 fully saturated rings. The van der Waals surface area contributed by atoms with Crippen LogP contribution in [0.5, 0.6) is 0 Å². The Kier molecular flexibility index (Phi) is 4.46. The van der Waals surface area contributed by atoms with Gasteiger partial charge in [-0.2, -0.15) is 5.10 Å². The number of nitrogens with zero attached hydrogens (tertiary/aromatic N) is 3.